The van der Waals surface area contributed by atoms with Crippen LogP contribution in [0.25, 0.3) is 0 Å². The quantitative estimate of drug-likeness (QED) is 0.747. The highest BCUT2D eigenvalue weighted by molar-refractivity contribution is 5.64. The van der Waals surface area contributed by atoms with E-state index in [0.717, 1.165) is 38.1 Å². The van der Waals surface area contributed by atoms with Crippen molar-refractivity contribution < 1.29 is 9.84 Å². The maximum atomic E-state index is 9.86. The van der Waals surface area contributed by atoms with E-state index < -0.39 is 0 Å². The van der Waals surface area contributed by atoms with Gasteiger partial charge in [0, 0.05) is 6.54 Å². The molecule has 0 aliphatic heterocycles. The maximum Gasteiger partial charge on any atom is 0.204 e. The molecular weight excluding hydrogens is 268 g/mol. The summed E-state index contributed by atoms with van der Waals surface area (Å²) >= 11 is 0. The third kappa shape index (κ3) is 3.56. The van der Waals surface area contributed by atoms with Gasteiger partial charge in [0.05, 0.1) is 19.3 Å². The van der Waals surface area contributed by atoms with E-state index in [1.807, 2.05) is 6.92 Å². The molecule has 0 radical (unpaired) electrons. The number of nitrogens with one attached hydrogen (secondary N) is 2. The number of methoxy groups -OCH3 is 1. The molecule has 0 aromatic carbocycles. The molecule has 21 heavy (non-hydrogen) atoms. The zero-order valence-corrected chi connectivity index (χ0v) is 13.1. The minimum absolute atomic E-state index is 0.101. The van der Waals surface area contributed by atoms with Gasteiger partial charge < -0.3 is 20.5 Å². The lowest BCUT2D eigenvalue weighted by Gasteiger charge is -2.39. The molecule has 2 rings (SSSR count). The standard InChI is InChI=1S/C15H26N4O2/c1-4-16-13-12(21-3)14(18-10-17-13)19-15(9-20)7-5-11(2)6-8-15/h10-11,20H,4-9H2,1-3H3,(H2,16,17,18,19). The summed E-state index contributed by atoms with van der Waals surface area (Å²) in [5.74, 6) is 2.64. The molecule has 0 unspecified atom stereocenters. The zero-order chi connectivity index (χ0) is 15.3. The van der Waals surface area contributed by atoms with Crippen molar-refractivity contribution in [3.63, 3.8) is 0 Å². The number of aromatic nitrogens is 2. The van der Waals surface area contributed by atoms with E-state index in [4.69, 9.17) is 4.74 Å². The fourth-order valence-electron chi connectivity index (χ4n) is 2.84. The average Bonchev–Trinajstić information content (AvgIpc) is 2.50. The molecule has 118 valence electrons. The van der Waals surface area contributed by atoms with Crippen molar-refractivity contribution >= 4 is 11.6 Å². The van der Waals surface area contributed by atoms with Crippen LogP contribution in [0.4, 0.5) is 11.6 Å². The summed E-state index contributed by atoms with van der Waals surface area (Å²) in [6.07, 6.45) is 5.62. The number of nitrogens with zero attached hydrogens (tertiary/aromatic N) is 2. The van der Waals surface area contributed by atoms with Crippen molar-refractivity contribution in [3.05, 3.63) is 6.33 Å². The molecule has 3 N–H and O–H groups in total. The minimum Gasteiger partial charge on any atom is -0.490 e. The van der Waals surface area contributed by atoms with Crippen molar-refractivity contribution in [1.29, 1.82) is 0 Å². The van der Waals surface area contributed by atoms with Crippen molar-refractivity contribution in [2.45, 2.75) is 45.1 Å². The summed E-state index contributed by atoms with van der Waals surface area (Å²) in [5.41, 5.74) is -0.308. The first-order valence-electron chi connectivity index (χ1n) is 7.66. The van der Waals surface area contributed by atoms with Crippen LogP contribution >= 0.6 is 0 Å². The molecule has 1 fully saturated rings. The highest BCUT2D eigenvalue weighted by atomic mass is 16.5. The van der Waals surface area contributed by atoms with Crippen LogP contribution in [0.3, 0.4) is 0 Å². The summed E-state index contributed by atoms with van der Waals surface area (Å²) in [6.45, 7) is 5.13. The van der Waals surface area contributed by atoms with E-state index >= 15 is 0 Å². The van der Waals surface area contributed by atoms with Crippen LogP contribution in [0.1, 0.15) is 39.5 Å². The van der Waals surface area contributed by atoms with Gasteiger partial charge in [0.2, 0.25) is 5.75 Å². The SMILES string of the molecule is CCNc1ncnc(NC2(CO)CCC(C)CC2)c1OC. The van der Waals surface area contributed by atoms with Crippen LogP contribution in [0.5, 0.6) is 5.75 Å². The first kappa shape index (κ1) is 15.8. The lowest BCUT2D eigenvalue weighted by Crippen LogP contribution is -2.45. The Hall–Kier alpha value is -1.56. The van der Waals surface area contributed by atoms with E-state index in [1.54, 1.807) is 7.11 Å². The molecule has 6 heteroatoms. The average molecular weight is 294 g/mol. The fraction of sp³-hybridized carbons (Fsp3) is 0.733. The molecule has 0 spiro atoms. The van der Waals surface area contributed by atoms with Crippen molar-refractivity contribution in [2.24, 2.45) is 5.92 Å². The van der Waals surface area contributed by atoms with Crippen LogP contribution < -0.4 is 15.4 Å². The van der Waals surface area contributed by atoms with Gasteiger partial charge in [-0.3, -0.25) is 0 Å². The molecule has 1 aliphatic carbocycles. The number of aliphatic hydroxyl groups is 1. The third-order valence-corrected chi connectivity index (χ3v) is 4.27. The first-order valence-corrected chi connectivity index (χ1v) is 7.66. The highest BCUT2D eigenvalue weighted by Crippen LogP contribution is 2.37. The zero-order valence-electron chi connectivity index (χ0n) is 13.1. The molecule has 1 aromatic heterocycles. The Kier molecular flexibility index (Phi) is 5.22. The van der Waals surface area contributed by atoms with Crippen LogP contribution in [-0.4, -0.2) is 40.9 Å². The van der Waals surface area contributed by atoms with Crippen molar-refractivity contribution in [3.8, 4) is 5.75 Å². The summed E-state index contributed by atoms with van der Waals surface area (Å²) in [5, 5.41) is 16.4. The summed E-state index contributed by atoms with van der Waals surface area (Å²) in [6, 6.07) is 0. The number of ether oxygens (including phenoxy) is 1. The third-order valence-electron chi connectivity index (χ3n) is 4.27. The molecule has 1 aliphatic rings. The molecule has 1 saturated carbocycles. The van der Waals surface area contributed by atoms with Gasteiger partial charge in [0.25, 0.3) is 0 Å². The van der Waals surface area contributed by atoms with Crippen LogP contribution in [-0.2, 0) is 0 Å². The Balaban J connectivity index is 2.23. The lowest BCUT2D eigenvalue weighted by molar-refractivity contribution is 0.154. The maximum absolute atomic E-state index is 9.86. The largest absolute Gasteiger partial charge is 0.490 e. The van der Waals surface area contributed by atoms with Crippen LogP contribution in [0.15, 0.2) is 6.33 Å². The molecule has 1 heterocycles. The fourth-order valence-corrected chi connectivity index (χ4v) is 2.84. The van der Waals surface area contributed by atoms with Gasteiger partial charge in [0.1, 0.15) is 6.33 Å². The number of hydrogen-bond donors (Lipinski definition) is 3. The van der Waals surface area contributed by atoms with Crippen LogP contribution in [0.2, 0.25) is 0 Å². The van der Waals surface area contributed by atoms with Gasteiger partial charge in [0.15, 0.2) is 11.6 Å². The number of rotatable bonds is 6. The van der Waals surface area contributed by atoms with Gasteiger partial charge in [-0.05, 0) is 38.5 Å². The summed E-state index contributed by atoms with van der Waals surface area (Å²) in [4.78, 5) is 8.50. The molecule has 0 bridgehead atoms. The van der Waals surface area contributed by atoms with Gasteiger partial charge in [-0.25, -0.2) is 9.97 Å². The van der Waals surface area contributed by atoms with Gasteiger partial charge in [-0.1, -0.05) is 6.92 Å². The minimum atomic E-state index is -0.308. The molecular formula is C15H26N4O2. The van der Waals surface area contributed by atoms with E-state index in [1.165, 1.54) is 6.33 Å². The Morgan fingerprint density at radius 3 is 2.57 bits per heavy atom. The van der Waals surface area contributed by atoms with E-state index in [-0.39, 0.29) is 12.1 Å². The monoisotopic (exact) mass is 294 g/mol. The normalized spacial score (nSPS) is 25.4. The smallest absolute Gasteiger partial charge is 0.204 e. The highest BCUT2D eigenvalue weighted by Gasteiger charge is 2.35. The Bertz CT molecular complexity index is 459. The molecule has 0 saturated heterocycles. The van der Waals surface area contributed by atoms with Crippen molar-refractivity contribution in [1.82, 2.24) is 9.97 Å². The van der Waals surface area contributed by atoms with E-state index in [0.29, 0.717) is 17.4 Å². The second kappa shape index (κ2) is 6.93. The molecule has 1 aromatic rings. The van der Waals surface area contributed by atoms with Gasteiger partial charge in [-0.2, -0.15) is 0 Å². The van der Waals surface area contributed by atoms with Crippen molar-refractivity contribution in [2.75, 3.05) is 30.9 Å². The van der Waals surface area contributed by atoms with Gasteiger partial charge >= 0.3 is 0 Å². The molecule has 0 amide bonds. The molecule has 6 nitrogen and oxygen atoms in total. The van der Waals surface area contributed by atoms with E-state index in [9.17, 15) is 5.11 Å². The predicted octanol–water partition coefficient (Wildman–Crippen LogP) is 2.27. The Morgan fingerprint density at radius 1 is 1.33 bits per heavy atom. The Labute approximate surface area is 126 Å². The van der Waals surface area contributed by atoms with Crippen LogP contribution in [0, 0.1) is 5.92 Å². The Morgan fingerprint density at radius 2 is 2.00 bits per heavy atom. The lowest BCUT2D eigenvalue weighted by atomic mass is 9.77. The second-order valence-corrected chi connectivity index (χ2v) is 5.88. The number of hydrogen-bond acceptors (Lipinski definition) is 6. The predicted molar refractivity (Wildman–Crippen MR) is 83.8 cm³/mol. The number of aliphatic hydroxyl groups excluding tert-OH is 1. The van der Waals surface area contributed by atoms with Gasteiger partial charge in [-0.15, -0.1) is 0 Å². The molecule has 0 atom stereocenters. The summed E-state index contributed by atoms with van der Waals surface area (Å²) in [7, 11) is 1.61. The van der Waals surface area contributed by atoms with E-state index in [2.05, 4.69) is 27.5 Å². The second-order valence-electron chi connectivity index (χ2n) is 5.88. The first-order chi connectivity index (χ1) is 10.1. The number of anilines is 2. The topological polar surface area (TPSA) is 79.3 Å². The summed E-state index contributed by atoms with van der Waals surface area (Å²) < 4.78 is 5.45.